The Bertz CT molecular complexity index is 1050. The second-order valence-corrected chi connectivity index (χ2v) is 7.31. The lowest BCUT2D eigenvalue weighted by molar-refractivity contribution is -0.193. The molecule has 0 aliphatic carbocycles. The van der Waals surface area contributed by atoms with E-state index < -0.39 is 30.2 Å². The Labute approximate surface area is 198 Å². The molecule has 17 heteroatoms. The van der Waals surface area contributed by atoms with Gasteiger partial charge in [0.25, 0.3) is 5.91 Å². The summed E-state index contributed by atoms with van der Waals surface area (Å²) in [5.41, 5.74) is 3.51. The standard InChI is InChI=1S/C15H18FN5O.2C2HF3O2/c1-20(2)8-12-11-4-6-21(9-13(11)19-18-12)15(22)10-3-5-17-14(16)7-10;2*3-2(4,5)1(6)7/h3,5,7H,4,6,8-9H2,1-2H3,(H,18,19);2*(H,6,7). The van der Waals surface area contributed by atoms with E-state index in [1.807, 2.05) is 14.1 Å². The number of carbonyl (C=O) groups is 3. The summed E-state index contributed by atoms with van der Waals surface area (Å²) in [7, 11) is 4.00. The summed E-state index contributed by atoms with van der Waals surface area (Å²) < 4.78 is 76.6. The van der Waals surface area contributed by atoms with Gasteiger partial charge in [0.05, 0.1) is 17.9 Å². The average Bonchev–Trinajstić information content (AvgIpc) is 3.14. The Morgan fingerprint density at radius 3 is 2.06 bits per heavy atom. The Morgan fingerprint density at radius 2 is 1.61 bits per heavy atom. The van der Waals surface area contributed by atoms with Crippen LogP contribution < -0.4 is 0 Å². The SMILES string of the molecule is CN(C)Cc1n[nH]c2c1CCN(C(=O)c1ccnc(F)c1)C2.O=C(O)C(F)(F)F.O=C(O)C(F)(F)F. The molecular weight excluding hydrogens is 511 g/mol. The van der Waals surface area contributed by atoms with Crippen molar-refractivity contribution in [3.63, 3.8) is 0 Å². The van der Waals surface area contributed by atoms with E-state index in [-0.39, 0.29) is 5.91 Å². The summed E-state index contributed by atoms with van der Waals surface area (Å²) in [5, 5.41) is 21.6. The van der Waals surface area contributed by atoms with Crippen LogP contribution in [0.3, 0.4) is 0 Å². The molecule has 0 unspecified atom stereocenters. The molecule has 0 bridgehead atoms. The molecule has 0 radical (unpaired) electrons. The van der Waals surface area contributed by atoms with Gasteiger partial charge in [-0.1, -0.05) is 0 Å². The van der Waals surface area contributed by atoms with Gasteiger partial charge in [-0.25, -0.2) is 14.6 Å². The predicted octanol–water partition coefficient (Wildman–Crippen LogP) is 2.47. The molecular formula is C19H20F7N5O5. The molecule has 1 aliphatic rings. The zero-order valence-corrected chi connectivity index (χ0v) is 18.6. The van der Waals surface area contributed by atoms with Gasteiger partial charge in [-0.15, -0.1) is 0 Å². The first kappa shape index (κ1) is 30.3. The van der Waals surface area contributed by atoms with Crippen molar-refractivity contribution in [2.45, 2.75) is 31.9 Å². The van der Waals surface area contributed by atoms with E-state index >= 15 is 0 Å². The highest BCUT2D eigenvalue weighted by Gasteiger charge is 2.38. The van der Waals surface area contributed by atoms with Crippen LogP contribution in [0.5, 0.6) is 0 Å². The van der Waals surface area contributed by atoms with Gasteiger partial charge < -0.3 is 20.0 Å². The van der Waals surface area contributed by atoms with Gasteiger partial charge in [0.15, 0.2) is 0 Å². The summed E-state index contributed by atoms with van der Waals surface area (Å²) in [4.78, 5) is 37.5. The summed E-state index contributed by atoms with van der Waals surface area (Å²) in [6, 6.07) is 2.70. The van der Waals surface area contributed by atoms with Gasteiger partial charge in [0.2, 0.25) is 5.95 Å². The monoisotopic (exact) mass is 531 g/mol. The maximum atomic E-state index is 13.2. The fourth-order valence-electron chi connectivity index (χ4n) is 2.71. The number of nitrogens with zero attached hydrogens (tertiary/aromatic N) is 4. The number of H-pyrrole nitrogens is 1. The third-order valence-corrected chi connectivity index (χ3v) is 4.23. The number of alkyl halides is 6. The zero-order valence-electron chi connectivity index (χ0n) is 18.6. The smallest absolute Gasteiger partial charge is 0.475 e. The third-order valence-electron chi connectivity index (χ3n) is 4.23. The second kappa shape index (κ2) is 12.3. The molecule has 3 heterocycles. The average molecular weight is 531 g/mol. The van der Waals surface area contributed by atoms with Gasteiger partial charge in [-0.3, -0.25) is 9.89 Å². The summed E-state index contributed by atoms with van der Waals surface area (Å²) in [5.74, 6) is -6.34. The van der Waals surface area contributed by atoms with Crippen LogP contribution >= 0.6 is 0 Å². The summed E-state index contributed by atoms with van der Waals surface area (Å²) >= 11 is 0. The fraction of sp³-hybridized carbons (Fsp3) is 0.421. The first-order chi connectivity index (χ1) is 16.4. The van der Waals surface area contributed by atoms with Gasteiger partial charge in [-0.05, 0) is 26.6 Å². The van der Waals surface area contributed by atoms with Crippen LogP contribution in [-0.4, -0.2) is 86.0 Å². The number of fused-ring (bicyclic) bond motifs is 1. The topological polar surface area (TPSA) is 140 Å². The molecule has 0 spiro atoms. The van der Waals surface area contributed by atoms with E-state index in [0.29, 0.717) is 18.7 Å². The number of rotatable bonds is 3. The van der Waals surface area contributed by atoms with Gasteiger partial charge in [-0.2, -0.15) is 35.8 Å². The van der Waals surface area contributed by atoms with Crippen LogP contribution in [-0.2, 0) is 29.1 Å². The van der Waals surface area contributed by atoms with Crippen molar-refractivity contribution in [2.24, 2.45) is 0 Å². The maximum Gasteiger partial charge on any atom is 0.490 e. The molecule has 0 atom stereocenters. The molecule has 3 rings (SSSR count). The Balaban J connectivity index is 0.000000383. The number of aromatic nitrogens is 3. The predicted molar refractivity (Wildman–Crippen MR) is 106 cm³/mol. The molecule has 0 fully saturated rings. The summed E-state index contributed by atoms with van der Waals surface area (Å²) in [6.07, 6.45) is -8.10. The highest BCUT2D eigenvalue weighted by molar-refractivity contribution is 5.94. The van der Waals surface area contributed by atoms with E-state index in [1.54, 1.807) is 4.90 Å². The van der Waals surface area contributed by atoms with Gasteiger partial charge in [0, 0.05) is 36.5 Å². The van der Waals surface area contributed by atoms with E-state index in [1.165, 1.54) is 23.9 Å². The molecule has 3 N–H and O–H groups in total. The number of pyridine rings is 1. The van der Waals surface area contributed by atoms with Crippen LogP contribution in [0.25, 0.3) is 0 Å². The minimum atomic E-state index is -5.08. The van der Waals surface area contributed by atoms with E-state index in [9.17, 15) is 35.5 Å². The number of aliphatic carboxylic acids is 2. The van der Waals surface area contributed by atoms with Crippen LogP contribution in [0.15, 0.2) is 18.3 Å². The van der Waals surface area contributed by atoms with Crippen LogP contribution in [0, 0.1) is 5.95 Å². The van der Waals surface area contributed by atoms with Gasteiger partial charge >= 0.3 is 24.3 Å². The number of carboxylic acids is 2. The number of aromatic amines is 1. The molecule has 1 aliphatic heterocycles. The minimum absolute atomic E-state index is 0.185. The lowest BCUT2D eigenvalue weighted by Gasteiger charge is -2.27. The van der Waals surface area contributed by atoms with Crippen LogP contribution in [0.4, 0.5) is 30.7 Å². The van der Waals surface area contributed by atoms with E-state index in [0.717, 1.165) is 24.4 Å². The Hall–Kier alpha value is -3.76. The lowest BCUT2D eigenvalue weighted by atomic mass is 10.0. The van der Waals surface area contributed by atoms with Crippen molar-refractivity contribution in [3.8, 4) is 0 Å². The molecule has 2 aromatic heterocycles. The number of hydrogen-bond donors (Lipinski definition) is 3. The number of nitrogens with one attached hydrogen (secondary N) is 1. The second-order valence-electron chi connectivity index (χ2n) is 7.31. The molecule has 200 valence electrons. The molecule has 0 saturated heterocycles. The van der Waals surface area contributed by atoms with Crippen LogP contribution in [0.1, 0.15) is 27.3 Å². The number of carboxylic acid groups (broad SMARTS) is 2. The lowest BCUT2D eigenvalue weighted by Crippen LogP contribution is -2.36. The third kappa shape index (κ3) is 9.47. The molecule has 1 amide bonds. The van der Waals surface area contributed by atoms with Crippen molar-refractivity contribution in [1.82, 2.24) is 25.0 Å². The first-order valence-corrected chi connectivity index (χ1v) is 9.64. The van der Waals surface area contributed by atoms with Crippen molar-refractivity contribution in [2.75, 3.05) is 20.6 Å². The number of amides is 1. The molecule has 0 aromatic carbocycles. The normalized spacial score (nSPS) is 13.1. The van der Waals surface area contributed by atoms with E-state index in [4.69, 9.17) is 19.8 Å². The number of carbonyl (C=O) groups excluding carboxylic acids is 1. The molecule has 0 saturated carbocycles. The molecule has 2 aromatic rings. The number of halogens is 7. The quantitative estimate of drug-likeness (QED) is 0.406. The minimum Gasteiger partial charge on any atom is -0.475 e. The van der Waals surface area contributed by atoms with Crippen molar-refractivity contribution < 1.29 is 55.3 Å². The van der Waals surface area contributed by atoms with Crippen molar-refractivity contribution >= 4 is 17.8 Å². The zero-order chi connectivity index (χ0) is 27.8. The van der Waals surface area contributed by atoms with Crippen molar-refractivity contribution in [1.29, 1.82) is 0 Å². The maximum absolute atomic E-state index is 13.2. The first-order valence-electron chi connectivity index (χ1n) is 9.64. The Kier molecular flexibility index (Phi) is 10.3. The van der Waals surface area contributed by atoms with Crippen LogP contribution in [0.2, 0.25) is 0 Å². The van der Waals surface area contributed by atoms with E-state index in [2.05, 4.69) is 20.1 Å². The molecule has 36 heavy (non-hydrogen) atoms. The van der Waals surface area contributed by atoms with Gasteiger partial charge in [0.1, 0.15) is 0 Å². The van der Waals surface area contributed by atoms with Crippen molar-refractivity contribution in [3.05, 3.63) is 46.8 Å². The summed E-state index contributed by atoms with van der Waals surface area (Å²) in [6.45, 7) is 1.85. The Morgan fingerprint density at radius 1 is 1.08 bits per heavy atom. The largest absolute Gasteiger partial charge is 0.490 e. The fourth-order valence-corrected chi connectivity index (χ4v) is 2.71. The molecule has 10 nitrogen and oxygen atoms in total. The highest BCUT2D eigenvalue weighted by atomic mass is 19.4. The number of hydrogen-bond acceptors (Lipinski definition) is 6. The highest BCUT2D eigenvalue weighted by Crippen LogP contribution is 2.22.